The minimum atomic E-state index is -1.22. The number of rotatable bonds is 10. The van der Waals surface area contributed by atoms with Crippen LogP contribution in [0.3, 0.4) is 0 Å². The molecule has 2 N–H and O–H groups in total. The maximum atomic E-state index is 10.7. The number of esters is 1. The van der Waals surface area contributed by atoms with E-state index in [0.29, 0.717) is 13.2 Å². The van der Waals surface area contributed by atoms with Gasteiger partial charge in [-0.3, -0.25) is 9.59 Å². The third-order valence-electron chi connectivity index (χ3n) is 1.39. The van der Waals surface area contributed by atoms with Gasteiger partial charge in [-0.15, -0.1) is 0 Å². The highest BCUT2D eigenvalue weighted by atomic mass is 16.6. The highest BCUT2D eigenvalue weighted by Gasteiger charge is 2.07. The van der Waals surface area contributed by atoms with Crippen molar-refractivity contribution in [2.24, 2.45) is 0 Å². The highest BCUT2D eigenvalue weighted by molar-refractivity contribution is 5.90. The first-order chi connectivity index (χ1) is 7.66. The molecule has 0 aliphatic heterocycles. The molecule has 7 nitrogen and oxygen atoms in total. The van der Waals surface area contributed by atoms with E-state index in [1.54, 1.807) is 0 Å². The smallest absolute Gasteiger partial charge is 0.317 e. The van der Waals surface area contributed by atoms with Crippen molar-refractivity contribution >= 4 is 11.9 Å². The monoisotopic (exact) mass is 236 g/mol. The van der Waals surface area contributed by atoms with Gasteiger partial charge in [0.25, 0.3) is 0 Å². The molecule has 0 saturated carbocycles. The molecule has 0 spiro atoms. The number of hydrogen-bond donors (Lipinski definition) is 2. The molecule has 0 aromatic carbocycles. The highest BCUT2D eigenvalue weighted by Crippen LogP contribution is 1.87. The van der Waals surface area contributed by atoms with Crippen LogP contribution < -0.4 is 0 Å². The van der Waals surface area contributed by atoms with Gasteiger partial charge in [0.05, 0.1) is 33.0 Å². The Morgan fingerprint density at radius 2 is 1.50 bits per heavy atom. The second-order valence-corrected chi connectivity index (χ2v) is 2.74. The van der Waals surface area contributed by atoms with E-state index in [2.05, 4.69) is 4.74 Å². The molecular weight excluding hydrogens is 220 g/mol. The fourth-order valence-electron chi connectivity index (χ4n) is 0.775. The summed E-state index contributed by atoms with van der Waals surface area (Å²) in [7, 11) is 0. The number of aliphatic hydroxyl groups is 1. The summed E-state index contributed by atoms with van der Waals surface area (Å²) < 4.78 is 14.5. The molecule has 0 aromatic rings. The Morgan fingerprint density at radius 1 is 0.938 bits per heavy atom. The van der Waals surface area contributed by atoms with Gasteiger partial charge < -0.3 is 24.4 Å². The predicted octanol–water partition coefficient (Wildman–Crippen LogP) is -0.970. The summed E-state index contributed by atoms with van der Waals surface area (Å²) in [6.45, 7) is 1.11. The molecular formula is C9H16O7. The van der Waals surface area contributed by atoms with Crippen LogP contribution >= 0.6 is 0 Å². The average molecular weight is 236 g/mol. The van der Waals surface area contributed by atoms with E-state index in [0.717, 1.165) is 0 Å². The zero-order chi connectivity index (χ0) is 12.2. The van der Waals surface area contributed by atoms with E-state index < -0.39 is 18.4 Å². The van der Waals surface area contributed by atoms with Gasteiger partial charge in [-0.05, 0) is 0 Å². The van der Waals surface area contributed by atoms with Crippen molar-refractivity contribution < 1.29 is 34.0 Å². The van der Waals surface area contributed by atoms with Crippen molar-refractivity contribution in [1.29, 1.82) is 0 Å². The SMILES string of the molecule is O=C(O)CC(=O)OCCOCCOCCO. The molecule has 16 heavy (non-hydrogen) atoms. The standard InChI is InChI=1S/C9H16O7/c10-1-2-14-3-4-15-5-6-16-9(13)7-8(11)12/h10H,1-7H2,(H,11,12). The van der Waals surface area contributed by atoms with Crippen LogP contribution in [-0.2, 0) is 23.8 Å². The first-order valence-electron chi connectivity index (χ1n) is 4.80. The van der Waals surface area contributed by atoms with E-state index in [-0.39, 0.29) is 26.4 Å². The Hall–Kier alpha value is -1.18. The summed E-state index contributed by atoms with van der Waals surface area (Å²) >= 11 is 0. The lowest BCUT2D eigenvalue weighted by Crippen LogP contribution is -2.15. The number of aliphatic carboxylic acids is 1. The zero-order valence-corrected chi connectivity index (χ0v) is 8.89. The number of carboxylic acid groups (broad SMARTS) is 1. The van der Waals surface area contributed by atoms with Crippen LogP contribution in [0.15, 0.2) is 0 Å². The Labute approximate surface area is 92.9 Å². The Morgan fingerprint density at radius 3 is 2.06 bits per heavy atom. The fourth-order valence-corrected chi connectivity index (χ4v) is 0.775. The number of hydrogen-bond acceptors (Lipinski definition) is 6. The Balaban J connectivity index is 3.14. The lowest BCUT2D eigenvalue weighted by molar-refractivity contribution is -0.152. The van der Waals surface area contributed by atoms with Crippen molar-refractivity contribution in [3.63, 3.8) is 0 Å². The molecule has 0 fully saturated rings. The maximum Gasteiger partial charge on any atom is 0.317 e. The first-order valence-corrected chi connectivity index (χ1v) is 4.80. The second kappa shape index (κ2) is 10.3. The summed E-state index contributed by atoms with van der Waals surface area (Å²) in [6, 6.07) is 0. The molecule has 0 atom stereocenters. The first kappa shape index (κ1) is 14.8. The summed E-state index contributed by atoms with van der Waals surface area (Å²) in [5, 5.41) is 16.6. The van der Waals surface area contributed by atoms with Crippen molar-refractivity contribution in [2.45, 2.75) is 6.42 Å². The van der Waals surface area contributed by atoms with Crippen LogP contribution in [-0.4, -0.2) is 61.8 Å². The molecule has 0 aliphatic rings. The Kier molecular flexibility index (Phi) is 9.58. The maximum absolute atomic E-state index is 10.7. The molecule has 0 rings (SSSR count). The van der Waals surface area contributed by atoms with Crippen LogP contribution in [0.4, 0.5) is 0 Å². The normalized spacial score (nSPS) is 10.1. The number of aliphatic hydroxyl groups excluding tert-OH is 1. The van der Waals surface area contributed by atoms with Gasteiger partial charge in [0.15, 0.2) is 0 Å². The summed E-state index contributed by atoms with van der Waals surface area (Å²) in [4.78, 5) is 20.8. The van der Waals surface area contributed by atoms with Crippen LogP contribution in [0.25, 0.3) is 0 Å². The van der Waals surface area contributed by atoms with Gasteiger partial charge in [-0.1, -0.05) is 0 Å². The number of carboxylic acids is 1. The van der Waals surface area contributed by atoms with Gasteiger partial charge >= 0.3 is 11.9 Å². The molecule has 0 unspecified atom stereocenters. The quantitative estimate of drug-likeness (QED) is 0.286. The van der Waals surface area contributed by atoms with E-state index in [9.17, 15) is 9.59 Å². The lowest BCUT2D eigenvalue weighted by atomic mass is 10.4. The molecule has 7 heteroatoms. The van der Waals surface area contributed by atoms with Crippen LogP contribution in [0, 0.1) is 0 Å². The molecule has 0 radical (unpaired) electrons. The number of carbonyl (C=O) groups is 2. The topological polar surface area (TPSA) is 102 Å². The minimum absolute atomic E-state index is 0.0200. The summed E-state index contributed by atoms with van der Waals surface area (Å²) in [5.74, 6) is -2.00. The van der Waals surface area contributed by atoms with Crippen LogP contribution in [0.2, 0.25) is 0 Å². The summed E-state index contributed by atoms with van der Waals surface area (Å²) in [6.07, 6.45) is -0.639. The molecule has 0 heterocycles. The van der Waals surface area contributed by atoms with Crippen molar-refractivity contribution in [2.75, 3.05) is 39.6 Å². The third-order valence-corrected chi connectivity index (χ3v) is 1.39. The third kappa shape index (κ3) is 10.9. The van der Waals surface area contributed by atoms with E-state index in [4.69, 9.17) is 19.7 Å². The largest absolute Gasteiger partial charge is 0.481 e. The molecule has 0 saturated heterocycles. The average Bonchev–Trinajstić information content (AvgIpc) is 2.21. The second-order valence-electron chi connectivity index (χ2n) is 2.74. The van der Waals surface area contributed by atoms with Crippen LogP contribution in [0.1, 0.15) is 6.42 Å². The molecule has 0 aliphatic carbocycles. The van der Waals surface area contributed by atoms with E-state index in [1.165, 1.54) is 0 Å². The Bertz CT molecular complexity index is 204. The van der Waals surface area contributed by atoms with Gasteiger partial charge in [0.2, 0.25) is 0 Å². The van der Waals surface area contributed by atoms with Crippen LogP contribution in [0.5, 0.6) is 0 Å². The van der Waals surface area contributed by atoms with Gasteiger partial charge in [0.1, 0.15) is 13.0 Å². The van der Waals surface area contributed by atoms with Gasteiger partial charge in [0, 0.05) is 0 Å². The van der Waals surface area contributed by atoms with Crippen molar-refractivity contribution in [3.8, 4) is 0 Å². The van der Waals surface area contributed by atoms with Crippen molar-refractivity contribution in [1.82, 2.24) is 0 Å². The number of carbonyl (C=O) groups excluding carboxylic acids is 1. The molecule has 94 valence electrons. The summed E-state index contributed by atoms with van der Waals surface area (Å²) in [5.41, 5.74) is 0. The van der Waals surface area contributed by atoms with Gasteiger partial charge in [-0.2, -0.15) is 0 Å². The molecule has 0 bridgehead atoms. The van der Waals surface area contributed by atoms with E-state index >= 15 is 0 Å². The zero-order valence-electron chi connectivity index (χ0n) is 8.89. The minimum Gasteiger partial charge on any atom is -0.481 e. The van der Waals surface area contributed by atoms with E-state index in [1.807, 2.05) is 0 Å². The van der Waals surface area contributed by atoms with Gasteiger partial charge in [-0.25, -0.2) is 0 Å². The lowest BCUT2D eigenvalue weighted by Gasteiger charge is -2.05. The fraction of sp³-hybridized carbons (Fsp3) is 0.778. The predicted molar refractivity (Wildman–Crippen MR) is 51.9 cm³/mol. The number of ether oxygens (including phenoxy) is 3. The molecule has 0 amide bonds. The molecule has 0 aromatic heterocycles. The van der Waals surface area contributed by atoms with Crippen molar-refractivity contribution in [3.05, 3.63) is 0 Å².